The molecule has 0 atom stereocenters. The lowest BCUT2D eigenvalue weighted by Crippen LogP contribution is -1.93. The van der Waals surface area contributed by atoms with Crippen LogP contribution in [0.5, 0.6) is 0 Å². The largest absolute Gasteiger partial charge is 0.351 e. The van der Waals surface area contributed by atoms with Crippen LogP contribution in [0.4, 0.5) is 0 Å². The molecule has 34 heavy (non-hydrogen) atoms. The number of aromatic amines is 2. The van der Waals surface area contributed by atoms with Gasteiger partial charge in [0.15, 0.2) is 0 Å². The Morgan fingerprint density at radius 2 is 1.15 bits per heavy atom. The summed E-state index contributed by atoms with van der Waals surface area (Å²) in [5, 5.41) is 0. The number of hydrogen-bond donors (Lipinski definition) is 2. The van der Waals surface area contributed by atoms with Crippen molar-refractivity contribution in [3.05, 3.63) is 55.2 Å². The Bertz CT molecular complexity index is 654. The number of hydrogen-bond acceptors (Lipinski definition) is 3. The van der Waals surface area contributed by atoms with Crippen LogP contribution >= 0.6 is 0 Å². The number of rotatable bonds is 0. The number of aromatic nitrogens is 6. The van der Waals surface area contributed by atoms with Crippen molar-refractivity contribution < 1.29 is 0 Å². The number of imidazole rings is 3. The summed E-state index contributed by atoms with van der Waals surface area (Å²) in [6.07, 6.45) is 12.2. The van der Waals surface area contributed by atoms with Crippen molar-refractivity contribution >= 4 is 0 Å². The van der Waals surface area contributed by atoms with Crippen molar-refractivity contribution in [3.63, 3.8) is 0 Å². The van der Waals surface area contributed by atoms with Gasteiger partial charge in [-0.15, -0.1) is 0 Å². The molecule has 6 heteroatoms. The van der Waals surface area contributed by atoms with Crippen LogP contribution in [0.25, 0.3) is 0 Å². The normalized spacial score (nSPS) is 9.97. The second-order valence-corrected chi connectivity index (χ2v) is 12.6. The lowest BCUT2D eigenvalue weighted by molar-refractivity contribution is 0.469. The Labute approximate surface area is 212 Å². The number of aryl methyl sites for hydroxylation is 3. The van der Waals surface area contributed by atoms with Crippen LogP contribution in [-0.4, -0.2) is 29.5 Å². The fourth-order valence-corrected chi connectivity index (χ4v) is 0.983. The minimum Gasteiger partial charge on any atom is -0.351 e. The third-order valence-electron chi connectivity index (χ3n) is 2.10. The molecule has 0 spiro atoms. The molecule has 0 aliphatic heterocycles. The fourth-order valence-electron chi connectivity index (χ4n) is 0.983. The maximum atomic E-state index is 3.88. The Hall–Kier alpha value is -2.37. The zero-order valence-electron chi connectivity index (χ0n) is 24.3. The first-order valence-electron chi connectivity index (χ1n) is 11.5. The molecule has 0 bridgehead atoms. The first-order valence-corrected chi connectivity index (χ1v) is 11.5. The van der Waals surface area contributed by atoms with Crippen LogP contribution < -0.4 is 0 Å². The molecule has 3 heterocycles. The van der Waals surface area contributed by atoms with E-state index in [1.54, 1.807) is 37.4 Å². The summed E-state index contributed by atoms with van der Waals surface area (Å²) in [4.78, 5) is 17.1. The molecule has 6 nitrogen and oxygen atoms in total. The highest BCUT2D eigenvalue weighted by atomic mass is 15.0. The number of nitrogens with one attached hydrogen (secondary N) is 2. The molecular formula is C28H58N6. The Morgan fingerprint density at radius 3 is 1.24 bits per heavy atom. The highest BCUT2D eigenvalue weighted by Crippen LogP contribution is 2.08. The Morgan fingerprint density at radius 1 is 0.706 bits per heavy atom. The third-order valence-corrected chi connectivity index (χ3v) is 2.10. The van der Waals surface area contributed by atoms with E-state index in [9.17, 15) is 0 Å². The van der Waals surface area contributed by atoms with Gasteiger partial charge in [0.25, 0.3) is 0 Å². The predicted octanol–water partition coefficient (Wildman–Crippen LogP) is 8.65. The van der Waals surface area contributed by atoms with E-state index >= 15 is 0 Å². The van der Waals surface area contributed by atoms with Gasteiger partial charge in [-0.2, -0.15) is 0 Å². The van der Waals surface area contributed by atoms with E-state index in [1.807, 2.05) is 31.7 Å². The molecule has 0 amide bonds. The zero-order chi connectivity index (χ0) is 26.7. The van der Waals surface area contributed by atoms with Gasteiger partial charge in [-0.25, -0.2) is 15.0 Å². The Kier molecular flexibility index (Phi) is 22.9. The van der Waals surface area contributed by atoms with Crippen molar-refractivity contribution in [1.29, 1.82) is 0 Å². The van der Waals surface area contributed by atoms with E-state index in [-0.39, 0.29) is 7.43 Å². The molecule has 2 N–H and O–H groups in total. The van der Waals surface area contributed by atoms with Crippen LogP contribution in [0.3, 0.4) is 0 Å². The minimum absolute atomic E-state index is 0. The molecule has 0 aliphatic carbocycles. The molecule has 200 valence electrons. The minimum atomic E-state index is 0. The van der Waals surface area contributed by atoms with Gasteiger partial charge < -0.3 is 14.5 Å². The second-order valence-electron chi connectivity index (χ2n) is 12.6. The van der Waals surface area contributed by atoms with Crippen LogP contribution in [0.15, 0.2) is 43.6 Å². The van der Waals surface area contributed by atoms with Crippen LogP contribution in [0, 0.1) is 30.1 Å². The maximum Gasteiger partial charge on any atom is 0.102 e. The van der Waals surface area contributed by atoms with Gasteiger partial charge in [0.1, 0.15) is 5.82 Å². The summed E-state index contributed by atoms with van der Waals surface area (Å²) in [6, 6.07) is 0. The van der Waals surface area contributed by atoms with Gasteiger partial charge in [-0.3, -0.25) is 0 Å². The van der Waals surface area contributed by atoms with Crippen molar-refractivity contribution in [2.24, 2.45) is 23.3 Å². The van der Waals surface area contributed by atoms with Crippen molar-refractivity contribution in [1.82, 2.24) is 29.5 Å². The molecular weight excluding hydrogens is 420 g/mol. The van der Waals surface area contributed by atoms with E-state index in [4.69, 9.17) is 0 Å². The molecule has 0 fully saturated rings. The van der Waals surface area contributed by atoms with Gasteiger partial charge in [0, 0.05) is 43.7 Å². The van der Waals surface area contributed by atoms with Gasteiger partial charge in [-0.1, -0.05) is 90.5 Å². The van der Waals surface area contributed by atoms with E-state index < -0.39 is 0 Å². The highest BCUT2D eigenvalue weighted by Gasteiger charge is 1.96. The van der Waals surface area contributed by atoms with E-state index in [0.717, 1.165) is 5.82 Å². The smallest absolute Gasteiger partial charge is 0.102 e. The van der Waals surface area contributed by atoms with Crippen LogP contribution in [-0.2, 0) is 7.05 Å². The monoisotopic (exact) mass is 478 g/mol. The molecule has 3 rings (SSSR count). The summed E-state index contributed by atoms with van der Waals surface area (Å²) in [7, 11) is 1.97. The lowest BCUT2D eigenvalue weighted by Gasteiger charge is -2.05. The fraction of sp³-hybridized carbons (Fsp3) is 0.679. The quantitative estimate of drug-likeness (QED) is 0.339. The third kappa shape index (κ3) is 63.0. The van der Waals surface area contributed by atoms with E-state index in [0.29, 0.717) is 16.2 Å². The summed E-state index contributed by atoms with van der Waals surface area (Å²) in [6.45, 7) is 30.2. The zero-order valence-corrected chi connectivity index (χ0v) is 24.3. The maximum absolute atomic E-state index is 3.88. The summed E-state index contributed by atoms with van der Waals surface area (Å²) >= 11 is 0. The van der Waals surface area contributed by atoms with Gasteiger partial charge in [0.2, 0.25) is 0 Å². The molecule has 0 unspecified atom stereocenters. The lowest BCUT2D eigenvalue weighted by atomic mass is 10.0. The molecule has 0 radical (unpaired) electrons. The predicted molar refractivity (Wildman–Crippen MR) is 152 cm³/mol. The molecule has 0 aromatic carbocycles. The summed E-state index contributed by atoms with van der Waals surface area (Å²) < 4.78 is 1.97. The van der Waals surface area contributed by atoms with E-state index in [2.05, 4.69) is 108 Å². The van der Waals surface area contributed by atoms with Gasteiger partial charge >= 0.3 is 0 Å². The van der Waals surface area contributed by atoms with Gasteiger partial charge in [0.05, 0.1) is 12.7 Å². The molecule has 0 aliphatic rings. The van der Waals surface area contributed by atoms with Crippen molar-refractivity contribution in [2.75, 3.05) is 0 Å². The van der Waals surface area contributed by atoms with Crippen LogP contribution in [0.2, 0.25) is 0 Å². The molecule has 3 aromatic heterocycles. The molecule has 0 saturated heterocycles. The topological polar surface area (TPSA) is 75.2 Å². The standard InChI is InChI=1S/C5H8N2.3C5H12.C4H6N2.C3H4N2.CH4/c1-5-3-6-4-7(5)2;3*1-5(2,3)4;1-4-5-2-3-6-4;1-2-5-3-4-1;/h3-4H,1-2H3;3*1-4H3;2-3H,1H3,(H,5,6);1-3H,(H,4,5);1H4. The molecule has 0 saturated carbocycles. The highest BCUT2D eigenvalue weighted by molar-refractivity contribution is 4.91. The average Bonchev–Trinajstić information content (AvgIpc) is 3.30. The number of nitrogens with zero attached hydrogens (tertiary/aromatic N) is 4. The van der Waals surface area contributed by atoms with E-state index in [1.165, 1.54) is 5.69 Å². The van der Waals surface area contributed by atoms with Crippen molar-refractivity contribution in [2.45, 2.75) is 104 Å². The first-order chi connectivity index (χ1) is 14.7. The Balaban J connectivity index is -0.000000159. The summed E-state index contributed by atoms with van der Waals surface area (Å²) in [5.74, 6) is 0.968. The molecule has 3 aromatic rings. The second kappa shape index (κ2) is 20.0. The summed E-state index contributed by atoms with van der Waals surface area (Å²) in [5.41, 5.74) is 2.69. The van der Waals surface area contributed by atoms with Crippen LogP contribution in [0.1, 0.15) is 102 Å². The van der Waals surface area contributed by atoms with Gasteiger partial charge in [-0.05, 0) is 30.1 Å². The average molecular weight is 479 g/mol. The first kappa shape index (κ1) is 38.9. The SMILES string of the molecule is C.CC(C)(C)C.CC(C)(C)C.CC(C)(C)C.Cc1cncn1C.Cc1ncc[nH]1.c1c[nH]cn1. The van der Waals surface area contributed by atoms with Crippen molar-refractivity contribution in [3.8, 4) is 0 Å². The number of H-pyrrole nitrogens is 2.